The van der Waals surface area contributed by atoms with E-state index in [2.05, 4.69) is 33.2 Å². The molecule has 1 aliphatic rings. The number of aromatic nitrogens is 3. The molecule has 100 valence electrons. The summed E-state index contributed by atoms with van der Waals surface area (Å²) >= 11 is 0. The second kappa shape index (κ2) is 6.46. The van der Waals surface area contributed by atoms with E-state index in [9.17, 15) is 4.79 Å². The monoisotopic (exact) mass is 252 g/mol. The van der Waals surface area contributed by atoms with E-state index in [0.29, 0.717) is 19.1 Å². The highest BCUT2D eigenvalue weighted by atomic mass is 16.2. The van der Waals surface area contributed by atoms with Crippen molar-refractivity contribution in [3.63, 3.8) is 0 Å². The molecule has 2 atom stereocenters. The molecular formula is C11H20N6O. The van der Waals surface area contributed by atoms with Crippen molar-refractivity contribution in [1.29, 1.82) is 0 Å². The molecule has 7 nitrogen and oxygen atoms in total. The van der Waals surface area contributed by atoms with Crippen molar-refractivity contribution in [3.8, 4) is 0 Å². The Kier molecular flexibility index (Phi) is 4.66. The molecule has 0 aliphatic carbocycles. The van der Waals surface area contributed by atoms with Gasteiger partial charge in [-0.1, -0.05) is 5.21 Å². The van der Waals surface area contributed by atoms with Gasteiger partial charge in [0.15, 0.2) is 0 Å². The van der Waals surface area contributed by atoms with Gasteiger partial charge in [0.1, 0.15) is 0 Å². The van der Waals surface area contributed by atoms with Gasteiger partial charge in [-0.2, -0.15) is 0 Å². The highest BCUT2D eigenvalue weighted by molar-refractivity contribution is 5.82. The average molecular weight is 252 g/mol. The SMILES string of the molecule is CC1CNC(C(=O)NCCCn2ccnn2)CN1. The van der Waals surface area contributed by atoms with Crippen molar-refractivity contribution in [2.75, 3.05) is 19.6 Å². The van der Waals surface area contributed by atoms with Crippen molar-refractivity contribution in [2.45, 2.75) is 32.0 Å². The lowest BCUT2D eigenvalue weighted by atomic mass is 10.1. The number of carbonyl (C=O) groups excluding carboxylic acids is 1. The number of amides is 1. The first-order valence-corrected chi connectivity index (χ1v) is 6.34. The van der Waals surface area contributed by atoms with Crippen LogP contribution in [-0.4, -0.2) is 52.6 Å². The zero-order valence-corrected chi connectivity index (χ0v) is 10.6. The van der Waals surface area contributed by atoms with Gasteiger partial charge in [0, 0.05) is 38.4 Å². The first kappa shape index (κ1) is 13.0. The van der Waals surface area contributed by atoms with Gasteiger partial charge < -0.3 is 16.0 Å². The number of nitrogens with one attached hydrogen (secondary N) is 3. The van der Waals surface area contributed by atoms with Crippen LogP contribution in [-0.2, 0) is 11.3 Å². The van der Waals surface area contributed by atoms with Gasteiger partial charge in [-0.15, -0.1) is 5.10 Å². The van der Waals surface area contributed by atoms with Gasteiger partial charge in [-0.25, -0.2) is 0 Å². The number of hydrogen-bond donors (Lipinski definition) is 3. The molecule has 1 fully saturated rings. The van der Waals surface area contributed by atoms with Crippen LogP contribution in [0.3, 0.4) is 0 Å². The molecule has 1 aromatic heterocycles. The standard InChI is InChI=1S/C11H20N6O/c1-9-7-14-10(8-13-9)11(18)12-3-2-5-17-6-4-15-16-17/h4,6,9-10,13-14H,2-3,5,7-8H2,1H3,(H,12,18). The number of nitrogens with zero attached hydrogens (tertiary/aromatic N) is 3. The Balaban J connectivity index is 1.60. The summed E-state index contributed by atoms with van der Waals surface area (Å²) in [5.41, 5.74) is 0. The van der Waals surface area contributed by atoms with Crippen molar-refractivity contribution < 1.29 is 4.79 Å². The van der Waals surface area contributed by atoms with Crippen LogP contribution in [0, 0.1) is 0 Å². The van der Waals surface area contributed by atoms with E-state index in [4.69, 9.17) is 0 Å². The fourth-order valence-electron chi connectivity index (χ4n) is 1.90. The normalized spacial score (nSPS) is 23.8. The largest absolute Gasteiger partial charge is 0.355 e. The summed E-state index contributed by atoms with van der Waals surface area (Å²) in [6.45, 7) is 5.05. The van der Waals surface area contributed by atoms with Crippen LogP contribution in [0.25, 0.3) is 0 Å². The smallest absolute Gasteiger partial charge is 0.238 e. The van der Waals surface area contributed by atoms with Gasteiger partial charge in [0.05, 0.1) is 12.2 Å². The van der Waals surface area contributed by atoms with Gasteiger partial charge in [0.25, 0.3) is 0 Å². The summed E-state index contributed by atoms with van der Waals surface area (Å²) < 4.78 is 1.76. The molecule has 2 unspecified atom stereocenters. The molecule has 0 radical (unpaired) electrons. The Labute approximate surface area is 106 Å². The molecule has 0 aromatic carbocycles. The minimum atomic E-state index is -0.118. The summed E-state index contributed by atoms with van der Waals surface area (Å²) in [5.74, 6) is 0.0630. The van der Waals surface area contributed by atoms with E-state index in [0.717, 1.165) is 19.5 Å². The molecular weight excluding hydrogens is 232 g/mol. The Morgan fingerprint density at radius 2 is 2.39 bits per heavy atom. The van der Waals surface area contributed by atoms with E-state index >= 15 is 0 Å². The minimum Gasteiger partial charge on any atom is -0.355 e. The third-order valence-corrected chi connectivity index (χ3v) is 2.99. The second-order valence-corrected chi connectivity index (χ2v) is 4.58. The number of aryl methyl sites for hydroxylation is 1. The molecule has 18 heavy (non-hydrogen) atoms. The molecule has 3 N–H and O–H groups in total. The second-order valence-electron chi connectivity index (χ2n) is 4.58. The molecule has 0 saturated carbocycles. The molecule has 1 aromatic rings. The lowest BCUT2D eigenvalue weighted by Crippen LogP contribution is -2.58. The van der Waals surface area contributed by atoms with Crippen LogP contribution in [0.15, 0.2) is 12.4 Å². The molecule has 0 bridgehead atoms. The lowest BCUT2D eigenvalue weighted by Gasteiger charge is -2.28. The predicted molar refractivity (Wildman–Crippen MR) is 66.9 cm³/mol. The van der Waals surface area contributed by atoms with Crippen LogP contribution in [0.4, 0.5) is 0 Å². The molecule has 7 heteroatoms. The maximum atomic E-state index is 11.8. The first-order valence-electron chi connectivity index (χ1n) is 6.34. The van der Waals surface area contributed by atoms with Gasteiger partial charge >= 0.3 is 0 Å². The summed E-state index contributed by atoms with van der Waals surface area (Å²) in [6.07, 6.45) is 4.32. The van der Waals surface area contributed by atoms with E-state index < -0.39 is 0 Å². The summed E-state index contributed by atoms with van der Waals surface area (Å²) in [6, 6.07) is 0.314. The fraction of sp³-hybridized carbons (Fsp3) is 0.727. The van der Waals surface area contributed by atoms with Gasteiger partial charge in [-0.05, 0) is 13.3 Å². The first-order chi connectivity index (χ1) is 8.75. The van der Waals surface area contributed by atoms with Crippen LogP contribution < -0.4 is 16.0 Å². The zero-order chi connectivity index (χ0) is 12.8. The average Bonchev–Trinajstić information content (AvgIpc) is 2.88. The fourth-order valence-corrected chi connectivity index (χ4v) is 1.90. The topological polar surface area (TPSA) is 83.9 Å². The molecule has 2 heterocycles. The third-order valence-electron chi connectivity index (χ3n) is 2.99. The highest BCUT2D eigenvalue weighted by Crippen LogP contribution is 1.93. The Morgan fingerprint density at radius 3 is 3.06 bits per heavy atom. The van der Waals surface area contributed by atoms with E-state index in [1.165, 1.54) is 0 Å². The maximum Gasteiger partial charge on any atom is 0.238 e. The van der Waals surface area contributed by atoms with E-state index in [-0.39, 0.29) is 11.9 Å². The van der Waals surface area contributed by atoms with Crippen molar-refractivity contribution in [2.24, 2.45) is 0 Å². The van der Waals surface area contributed by atoms with Crippen LogP contribution in [0.5, 0.6) is 0 Å². The lowest BCUT2D eigenvalue weighted by molar-refractivity contribution is -0.123. The molecule has 1 amide bonds. The Hall–Kier alpha value is -1.47. The predicted octanol–water partition coefficient (Wildman–Crippen LogP) is -1.27. The number of piperazine rings is 1. The summed E-state index contributed by atoms with van der Waals surface area (Å²) in [7, 11) is 0. The number of carbonyl (C=O) groups is 1. The minimum absolute atomic E-state index is 0.0630. The maximum absolute atomic E-state index is 11.8. The van der Waals surface area contributed by atoms with Crippen LogP contribution in [0.2, 0.25) is 0 Å². The molecule has 1 saturated heterocycles. The zero-order valence-electron chi connectivity index (χ0n) is 10.6. The van der Waals surface area contributed by atoms with Crippen molar-refractivity contribution in [1.82, 2.24) is 30.9 Å². The summed E-state index contributed by atoms with van der Waals surface area (Å²) in [4.78, 5) is 11.8. The van der Waals surface area contributed by atoms with E-state index in [1.807, 2.05) is 6.20 Å². The highest BCUT2D eigenvalue weighted by Gasteiger charge is 2.22. The van der Waals surface area contributed by atoms with Crippen molar-refractivity contribution in [3.05, 3.63) is 12.4 Å². The van der Waals surface area contributed by atoms with Crippen molar-refractivity contribution >= 4 is 5.91 Å². The van der Waals surface area contributed by atoms with Gasteiger partial charge in [-0.3, -0.25) is 9.48 Å². The summed E-state index contributed by atoms with van der Waals surface area (Å²) in [5, 5.41) is 17.0. The molecule has 1 aliphatic heterocycles. The van der Waals surface area contributed by atoms with Crippen LogP contribution >= 0.6 is 0 Å². The Morgan fingerprint density at radius 1 is 1.50 bits per heavy atom. The van der Waals surface area contributed by atoms with E-state index in [1.54, 1.807) is 10.9 Å². The number of hydrogen-bond acceptors (Lipinski definition) is 5. The number of rotatable bonds is 5. The molecule has 0 spiro atoms. The quantitative estimate of drug-likeness (QED) is 0.569. The Bertz CT molecular complexity index is 358. The molecule has 2 rings (SSSR count). The van der Waals surface area contributed by atoms with Gasteiger partial charge in [0.2, 0.25) is 5.91 Å². The van der Waals surface area contributed by atoms with Crippen LogP contribution in [0.1, 0.15) is 13.3 Å². The third kappa shape index (κ3) is 3.78.